The fourth-order valence-corrected chi connectivity index (χ4v) is 3.26. The second-order valence-corrected chi connectivity index (χ2v) is 5.62. The molecule has 0 radical (unpaired) electrons. The lowest BCUT2D eigenvalue weighted by atomic mass is 9.88. The molecule has 0 unspecified atom stereocenters. The Labute approximate surface area is 113 Å². The molecule has 1 aromatic rings. The zero-order valence-corrected chi connectivity index (χ0v) is 12.1. The van der Waals surface area contributed by atoms with Gasteiger partial charge in [0.1, 0.15) is 11.5 Å². The second kappa shape index (κ2) is 5.41. The fraction of sp³-hybridized carbons (Fsp3) is 0.571. The van der Waals surface area contributed by atoms with E-state index in [0.717, 1.165) is 34.8 Å². The van der Waals surface area contributed by atoms with Gasteiger partial charge in [0.25, 0.3) is 0 Å². The number of hydrogen-bond acceptors (Lipinski definition) is 4. The summed E-state index contributed by atoms with van der Waals surface area (Å²) in [5.41, 5.74) is 7.36. The average molecular weight is 267 g/mol. The summed E-state index contributed by atoms with van der Waals surface area (Å²) in [4.78, 5) is 1.08. The average Bonchev–Trinajstić information content (AvgIpc) is 2.85. The zero-order valence-electron chi connectivity index (χ0n) is 11.3. The van der Waals surface area contributed by atoms with Gasteiger partial charge in [-0.1, -0.05) is 12.8 Å². The Morgan fingerprint density at radius 1 is 1.11 bits per heavy atom. The Morgan fingerprint density at radius 2 is 1.72 bits per heavy atom. The molecule has 0 aliphatic heterocycles. The molecule has 0 atom stereocenters. The lowest BCUT2D eigenvalue weighted by Crippen LogP contribution is -2.33. The first-order chi connectivity index (χ1) is 8.64. The van der Waals surface area contributed by atoms with Crippen molar-refractivity contribution in [2.24, 2.45) is 5.73 Å². The summed E-state index contributed by atoms with van der Waals surface area (Å²) in [6.45, 7) is 0. The number of hydrogen-bond donors (Lipinski definition) is 1. The monoisotopic (exact) mass is 267 g/mol. The Kier molecular flexibility index (Phi) is 4.07. The minimum atomic E-state index is -0.254. The van der Waals surface area contributed by atoms with Gasteiger partial charge in [0.15, 0.2) is 0 Å². The Morgan fingerprint density at radius 3 is 2.22 bits per heavy atom. The van der Waals surface area contributed by atoms with Gasteiger partial charge >= 0.3 is 0 Å². The maximum absolute atomic E-state index is 6.53. The van der Waals surface area contributed by atoms with Gasteiger partial charge in [-0.2, -0.15) is 0 Å². The number of nitrogens with two attached hydrogens (primary N) is 1. The van der Waals surface area contributed by atoms with Crippen LogP contribution in [0.4, 0.5) is 0 Å². The van der Waals surface area contributed by atoms with Crippen molar-refractivity contribution in [2.75, 3.05) is 20.5 Å². The van der Waals surface area contributed by atoms with Crippen molar-refractivity contribution in [3.8, 4) is 11.5 Å². The molecule has 4 heteroatoms. The maximum Gasteiger partial charge on any atom is 0.133 e. The smallest absolute Gasteiger partial charge is 0.133 e. The molecule has 1 aliphatic carbocycles. The van der Waals surface area contributed by atoms with Crippen LogP contribution in [0.1, 0.15) is 31.2 Å². The number of benzene rings is 1. The van der Waals surface area contributed by atoms with Crippen molar-refractivity contribution >= 4 is 11.8 Å². The van der Waals surface area contributed by atoms with Crippen molar-refractivity contribution in [1.29, 1.82) is 0 Å². The highest BCUT2D eigenvalue weighted by atomic mass is 32.2. The van der Waals surface area contributed by atoms with Gasteiger partial charge in [-0.05, 0) is 31.2 Å². The Balaban J connectivity index is 2.51. The number of rotatable bonds is 4. The molecular formula is C14H21NO2S. The minimum absolute atomic E-state index is 0.254. The van der Waals surface area contributed by atoms with Gasteiger partial charge in [0, 0.05) is 11.1 Å². The molecule has 2 rings (SSSR count). The molecule has 1 saturated carbocycles. The molecule has 0 aromatic heterocycles. The lowest BCUT2D eigenvalue weighted by molar-refractivity contribution is 0.367. The van der Waals surface area contributed by atoms with Crippen LogP contribution in [-0.2, 0) is 5.54 Å². The van der Waals surface area contributed by atoms with Crippen molar-refractivity contribution in [2.45, 2.75) is 36.1 Å². The van der Waals surface area contributed by atoms with Crippen LogP contribution in [0.15, 0.2) is 17.0 Å². The van der Waals surface area contributed by atoms with E-state index in [9.17, 15) is 0 Å². The van der Waals surface area contributed by atoms with Crippen LogP contribution >= 0.6 is 11.8 Å². The maximum atomic E-state index is 6.53. The summed E-state index contributed by atoms with van der Waals surface area (Å²) < 4.78 is 11.0. The Bertz CT molecular complexity index is 428. The molecule has 2 N–H and O–H groups in total. The van der Waals surface area contributed by atoms with Crippen LogP contribution in [-0.4, -0.2) is 20.5 Å². The Hall–Kier alpha value is -0.870. The summed E-state index contributed by atoms with van der Waals surface area (Å²) in [7, 11) is 3.40. The van der Waals surface area contributed by atoms with E-state index in [2.05, 4.69) is 6.07 Å². The lowest BCUT2D eigenvalue weighted by Gasteiger charge is -2.27. The van der Waals surface area contributed by atoms with E-state index in [1.807, 2.05) is 12.3 Å². The first-order valence-corrected chi connectivity index (χ1v) is 7.46. The van der Waals surface area contributed by atoms with Crippen molar-refractivity contribution in [3.63, 3.8) is 0 Å². The van der Waals surface area contributed by atoms with Gasteiger partial charge in [0.05, 0.1) is 19.1 Å². The largest absolute Gasteiger partial charge is 0.496 e. The zero-order chi connectivity index (χ0) is 13.2. The van der Waals surface area contributed by atoms with E-state index in [-0.39, 0.29) is 5.54 Å². The first kappa shape index (κ1) is 13.6. The van der Waals surface area contributed by atoms with E-state index in [1.165, 1.54) is 12.8 Å². The quantitative estimate of drug-likeness (QED) is 0.851. The SMILES string of the molecule is COc1cc(C2(N)CCCC2)c(OC)cc1SC. The second-order valence-electron chi connectivity index (χ2n) is 4.77. The van der Waals surface area contributed by atoms with E-state index in [4.69, 9.17) is 15.2 Å². The highest BCUT2D eigenvalue weighted by Gasteiger charge is 2.34. The molecule has 0 spiro atoms. The van der Waals surface area contributed by atoms with Gasteiger partial charge in [0.2, 0.25) is 0 Å². The molecule has 0 bridgehead atoms. The first-order valence-electron chi connectivity index (χ1n) is 6.24. The van der Waals surface area contributed by atoms with Gasteiger partial charge in [-0.15, -0.1) is 11.8 Å². The predicted molar refractivity (Wildman–Crippen MR) is 75.7 cm³/mol. The molecule has 0 amide bonds. The normalized spacial score (nSPS) is 17.8. The number of ether oxygens (including phenoxy) is 2. The third-order valence-corrected chi connectivity index (χ3v) is 4.50. The van der Waals surface area contributed by atoms with E-state index < -0.39 is 0 Å². The fourth-order valence-electron chi connectivity index (χ4n) is 2.69. The molecule has 1 fully saturated rings. The van der Waals surface area contributed by atoms with E-state index >= 15 is 0 Å². The van der Waals surface area contributed by atoms with Crippen LogP contribution in [0.2, 0.25) is 0 Å². The predicted octanol–water partition coefficient (Wildman–Crippen LogP) is 3.15. The van der Waals surface area contributed by atoms with Crippen LogP contribution < -0.4 is 15.2 Å². The summed E-state index contributed by atoms with van der Waals surface area (Å²) in [5, 5.41) is 0. The molecule has 1 aromatic carbocycles. The topological polar surface area (TPSA) is 44.5 Å². The van der Waals surface area contributed by atoms with Crippen LogP contribution in [0.5, 0.6) is 11.5 Å². The van der Waals surface area contributed by atoms with Gasteiger partial charge < -0.3 is 15.2 Å². The molecule has 3 nitrogen and oxygen atoms in total. The molecular weight excluding hydrogens is 246 g/mol. The van der Waals surface area contributed by atoms with Gasteiger partial charge in [-0.3, -0.25) is 0 Å². The van der Waals surface area contributed by atoms with E-state index in [0.29, 0.717) is 0 Å². The highest BCUT2D eigenvalue weighted by molar-refractivity contribution is 7.98. The van der Waals surface area contributed by atoms with Crippen molar-refractivity contribution < 1.29 is 9.47 Å². The third-order valence-electron chi connectivity index (χ3n) is 3.74. The molecule has 0 heterocycles. The van der Waals surface area contributed by atoms with E-state index in [1.54, 1.807) is 26.0 Å². The van der Waals surface area contributed by atoms with Gasteiger partial charge in [-0.25, -0.2) is 0 Å². The third kappa shape index (κ3) is 2.31. The molecule has 0 saturated heterocycles. The molecule has 18 heavy (non-hydrogen) atoms. The standard InChI is InChI=1S/C14H21NO2S/c1-16-11-9-13(18-3)12(17-2)8-10(11)14(15)6-4-5-7-14/h8-9H,4-7,15H2,1-3H3. The molecule has 1 aliphatic rings. The van der Waals surface area contributed by atoms with Crippen LogP contribution in [0.25, 0.3) is 0 Å². The van der Waals surface area contributed by atoms with Crippen LogP contribution in [0.3, 0.4) is 0 Å². The van der Waals surface area contributed by atoms with Crippen molar-refractivity contribution in [3.05, 3.63) is 17.7 Å². The summed E-state index contributed by atoms with van der Waals surface area (Å²) in [5.74, 6) is 1.76. The summed E-state index contributed by atoms with van der Waals surface area (Å²) >= 11 is 1.65. The van der Waals surface area contributed by atoms with Crippen molar-refractivity contribution in [1.82, 2.24) is 0 Å². The highest BCUT2D eigenvalue weighted by Crippen LogP contribution is 2.44. The summed E-state index contributed by atoms with van der Waals surface area (Å²) in [6.07, 6.45) is 6.44. The minimum Gasteiger partial charge on any atom is -0.496 e. The summed E-state index contributed by atoms with van der Waals surface area (Å²) in [6, 6.07) is 4.09. The number of methoxy groups -OCH3 is 2. The number of thioether (sulfide) groups is 1. The van der Waals surface area contributed by atoms with Crippen LogP contribution in [0, 0.1) is 0 Å². The molecule has 100 valence electrons.